The molecule has 6 heteroatoms. The summed E-state index contributed by atoms with van der Waals surface area (Å²) in [4.78, 5) is 4.32. The Labute approximate surface area is 178 Å². The first-order chi connectivity index (χ1) is 12.7. The molecule has 0 bridgehead atoms. The van der Waals surface area contributed by atoms with Crippen molar-refractivity contribution in [1.82, 2.24) is 10.6 Å². The highest BCUT2D eigenvalue weighted by atomic mass is 127. The smallest absolute Gasteiger partial charge is 0.191 e. The van der Waals surface area contributed by atoms with E-state index in [1.165, 1.54) is 5.56 Å². The number of aliphatic imine (C=N–C) groups is 1. The van der Waals surface area contributed by atoms with Crippen molar-refractivity contribution >= 4 is 29.9 Å². The number of para-hydroxylation sites is 2. The van der Waals surface area contributed by atoms with E-state index < -0.39 is 0 Å². The molecular formula is C21H28IN3O2. The van der Waals surface area contributed by atoms with Crippen molar-refractivity contribution in [3.05, 3.63) is 60.2 Å². The van der Waals surface area contributed by atoms with E-state index in [1.807, 2.05) is 31.2 Å². The fourth-order valence-electron chi connectivity index (χ4n) is 3.01. The summed E-state index contributed by atoms with van der Waals surface area (Å²) in [6.07, 6.45) is 1.12. The Morgan fingerprint density at radius 1 is 1.11 bits per heavy atom. The van der Waals surface area contributed by atoms with Gasteiger partial charge in [0.25, 0.3) is 0 Å². The molecule has 2 aromatic rings. The van der Waals surface area contributed by atoms with Crippen LogP contribution in [0.5, 0.6) is 11.5 Å². The second kappa shape index (κ2) is 10.4. The molecule has 0 saturated heterocycles. The van der Waals surface area contributed by atoms with Crippen LogP contribution in [0.3, 0.4) is 0 Å². The minimum Gasteiger partial charge on any atom is -0.493 e. The maximum Gasteiger partial charge on any atom is 0.191 e. The van der Waals surface area contributed by atoms with Crippen LogP contribution in [0.15, 0.2) is 59.6 Å². The Balaban J connectivity index is 0.00000261. The summed E-state index contributed by atoms with van der Waals surface area (Å²) >= 11 is 0. The van der Waals surface area contributed by atoms with Crippen LogP contribution in [-0.4, -0.2) is 38.8 Å². The molecule has 1 aliphatic rings. The third-order valence-corrected chi connectivity index (χ3v) is 4.52. The molecule has 0 aromatic heterocycles. The topological polar surface area (TPSA) is 54.9 Å². The van der Waals surface area contributed by atoms with E-state index in [-0.39, 0.29) is 30.1 Å². The zero-order valence-electron chi connectivity index (χ0n) is 16.0. The van der Waals surface area contributed by atoms with Crippen molar-refractivity contribution in [3.63, 3.8) is 0 Å². The zero-order chi connectivity index (χ0) is 18.4. The van der Waals surface area contributed by atoms with Gasteiger partial charge in [0.2, 0.25) is 0 Å². The molecule has 2 N–H and O–H groups in total. The average molecular weight is 481 g/mol. The van der Waals surface area contributed by atoms with Crippen LogP contribution in [0, 0.1) is 0 Å². The van der Waals surface area contributed by atoms with Gasteiger partial charge in [-0.05, 0) is 31.0 Å². The Hall–Kier alpha value is -1.96. The summed E-state index contributed by atoms with van der Waals surface area (Å²) < 4.78 is 11.3. The lowest BCUT2D eigenvalue weighted by molar-refractivity contribution is 0.213. The Kier molecular flexibility index (Phi) is 8.22. The van der Waals surface area contributed by atoms with Gasteiger partial charge in [0.1, 0.15) is 6.10 Å². The molecule has 1 aliphatic carbocycles. The fourth-order valence-corrected chi connectivity index (χ4v) is 3.01. The maximum absolute atomic E-state index is 5.97. The maximum atomic E-state index is 5.97. The first kappa shape index (κ1) is 21.3. The van der Waals surface area contributed by atoms with E-state index >= 15 is 0 Å². The molecule has 1 fully saturated rings. The number of rotatable bonds is 7. The predicted octanol–water partition coefficient (Wildman–Crippen LogP) is 3.80. The molecule has 0 aliphatic heterocycles. The molecule has 3 unspecified atom stereocenters. The highest BCUT2D eigenvalue weighted by Crippen LogP contribution is 2.40. The van der Waals surface area contributed by atoms with Gasteiger partial charge in [-0.25, -0.2) is 0 Å². The van der Waals surface area contributed by atoms with E-state index in [0.29, 0.717) is 18.5 Å². The molecule has 0 amide bonds. The van der Waals surface area contributed by atoms with Crippen molar-refractivity contribution in [2.75, 3.05) is 20.7 Å². The van der Waals surface area contributed by atoms with E-state index in [1.54, 1.807) is 14.2 Å². The molecule has 5 nitrogen and oxygen atoms in total. The van der Waals surface area contributed by atoms with Crippen molar-refractivity contribution in [1.29, 1.82) is 0 Å². The number of nitrogens with one attached hydrogen (secondary N) is 2. The highest BCUT2D eigenvalue weighted by molar-refractivity contribution is 14.0. The van der Waals surface area contributed by atoms with E-state index in [2.05, 4.69) is 46.0 Å². The van der Waals surface area contributed by atoms with Crippen molar-refractivity contribution in [3.8, 4) is 11.5 Å². The van der Waals surface area contributed by atoms with Gasteiger partial charge < -0.3 is 20.1 Å². The van der Waals surface area contributed by atoms with E-state index in [9.17, 15) is 0 Å². The van der Waals surface area contributed by atoms with Crippen LogP contribution in [0.1, 0.15) is 24.8 Å². The Morgan fingerprint density at radius 2 is 1.78 bits per heavy atom. The number of ether oxygens (including phenoxy) is 2. The number of methoxy groups -OCH3 is 1. The summed E-state index contributed by atoms with van der Waals surface area (Å²) in [7, 11) is 3.44. The minimum absolute atomic E-state index is 0. The molecule has 3 rings (SSSR count). The SMILES string of the molecule is CN=C(NCC(C)Oc1ccccc1OC)NC1CC1c1ccccc1.I. The molecule has 1 saturated carbocycles. The van der Waals surface area contributed by atoms with E-state index in [4.69, 9.17) is 9.47 Å². The number of hydrogen-bond acceptors (Lipinski definition) is 3. The standard InChI is InChI=1S/C21H27N3O2.HI/c1-15(26-20-12-8-7-11-19(20)25-3)14-23-21(22-2)24-18-13-17(18)16-9-5-4-6-10-16;/h4-12,15,17-18H,13-14H2,1-3H3,(H2,22,23,24);1H. The summed E-state index contributed by atoms with van der Waals surface area (Å²) in [5, 5.41) is 6.83. The van der Waals surface area contributed by atoms with Crippen LogP contribution >= 0.6 is 24.0 Å². The van der Waals surface area contributed by atoms with Crippen molar-refractivity contribution in [2.24, 2.45) is 4.99 Å². The van der Waals surface area contributed by atoms with Crippen LogP contribution in [-0.2, 0) is 0 Å². The molecule has 27 heavy (non-hydrogen) atoms. The van der Waals surface area contributed by atoms with Gasteiger partial charge in [0, 0.05) is 19.0 Å². The Morgan fingerprint density at radius 3 is 2.44 bits per heavy atom. The second-order valence-electron chi connectivity index (χ2n) is 6.54. The summed E-state index contributed by atoms with van der Waals surface area (Å²) in [5.74, 6) is 2.87. The average Bonchev–Trinajstić information content (AvgIpc) is 3.45. The number of nitrogens with zero attached hydrogens (tertiary/aromatic N) is 1. The summed E-state index contributed by atoms with van der Waals surface area (Å²) in [6.45, 7) is 2.68. The van der Waals surface area contributed by atoms with Gasteiger partial charge in [0.05, 0.1) is 13.7 Å². The number of guanidine groups is 1. The van der Waals surface area contributed by atoms with Crippen LogP contribution in [0.2, 0.25) is 0 Å². The third kappa shape index (κ3) is 6.02. The van der Waals surface area contributed by atoms with Gasteiger partial charge in [-0.15, -0.1) is 24.0 Å². The van der Waals surface area contributed by atoms with Crippen LogP contribution in [0.25, 0.3) is 0 Å². The lowest BCUT2D eigenvalue weighted by atomic mass is 10.1. The predicted molar refractivity (Wildman–Crippen MR) is 121 cm³/mol. The number of hydrogen-bond donors (Lipinski definition) is 2. The lowest BCUT2D eigenvalue weighted by Crippen LogP contribution is -2.43. The van der Waals surface area contributed by atoms with Crippen molar-refractivity contribution < 1.29 is 9.47 Å². The van der Waals surface area contributed by atoms with Gasteiger partial charge in [0.15, 0.2) is 17.5 Å². The molecule has 146 valence electrons. The second-order valence-corrected chi connectivity index (χ2v) is 6.54. The molecule has 0 heterocycles. The lowest BCUT2D eigenvalue weighted by Gasteiger charge is -2.19. The van der Waals surface area contributed by atoms with Gasteiger partial charge in [-0.2, -0.15) is 0 Å². The minimum atomic E-state index is -0.0195. The third-order valence-electron chi connectivity index (χ3n) is 4.52. The first-order valence-electron chi connectivity index (χ1n) is 9.03. The highest BCUT2D eigenvalue weighted by Gasteiger charge is 2.38. The first-order valence-corrected chi connectivity index (χ1v) is 9.03. The quantitative estimate of drug-likeness (QED) is 0.359. The Bertz CT molecular complexity index is 739. The summed E-state index contributed by atoms with van der Waals surface area (Å²) in [6, 6.07) is 18.7. The van der Waals surface area contributed by atoms with E-state index in [0.717, 1.165) is 23.9 Å². The fraction of sp³-hybridized carbons (Fsp3) is 0.381. The van der Waals surface area contributed by atoms with Gasteiger partial charge >= 0.3 is 0 Å². The zero-order valence-corrected chi connectivity index (χ0v) is 18.3. The molecule has 0 radical (unpaired) electrons. The summed E-state index contributed by atoms with van der Waals surface area (Å²) in [5.41, 5.74) is 1.38. The normalized spacial score (nSPS) is 19.4. The molecular weight excluding hydrogens is 453 g/mol. The molecule has 0 spiro atoms. The van der Waals surface area contributed by atoms with Gasteiger partial charge in [-0.3, -0.25) is 4.99 Å². The molecule has 3 atom stereocenters. The van der Waals surface area contributed by atoms with Crippen LogP contribution < -0.4 is 20.1 Å². The molecule has 2 aromatic carbocycles. The number of benzene rings is 2. The number of halogens is 1. The largest absolute Gasteiger partial charge is 0.493 e. The van der Waals surface area contributed by atoms with Crippen LogP contribution in [0.4, 0.5) is 0 Å². The van der Waals surface area contributed by atoms with Crippen molar-refractivity contribution in [2.45, 2.75) is 31.4 Å². The monoisotopic (exact) mass is 481 g/mol. The van der Waals surface area contributed by atoms with Gasteiger partial charge in [-0.1, -0.05) is 42.5 Å².